The van der Waals surface area contributed by atoms with Gasteiger partial charge in [-0.25, -0.2) is 0 Å². The summed E-state index contributed by atoms with van der Waals surface area (Å²) in [5.74, 6) is 0. The van der Waals surface area contributed by atoms with Crippen molar-refractivity contribution in [3.8, 4) is 0 Å². The predicted octanol–water partition coefficient (Wildman–Crippen LogP) is 6.32. The van der Waals surface area contributed by atoms with E-state index in [1.165, 1.54) is 16.5 Å². The van der Waals surface area contributed by atoms with Gasteiger partial charge in [-0.1, -0.05) is 0 Å². The van der Waals surface area contributed by atoms with Crippen LogP contribution < -0.4 is 0 Å². The van der Waals surface area contributed by atoms with Gasteiger partial charge >= 0.3 is 133 Å². The first-order valence-corrected chi connectivity index (χ1v) is 21.5. The van der Waals surface area contributed by atoms with Crippen molar-refractivity contribution in [2.24, 2.45) is 0 Å². The molecule has 2 aliphatic carbocycles. The van der Waals surface area contributed by atoms with Crippen LogP contribution in [0.3, 0.4) is 0 Å². The van der Waals surface area contributed by atoms with Gasteiger partial charge in [0.1, 0.15) is 0 Å². The molecular formula is C17H23BrI2SiZr. The first-order valence-electron chi connectivity index (χ1n) is 7.20. The Hall–Kier alpha value is 1.48. The molecule has 1 aromatic carbocycles. The van der Waals surface area contributed by atoms with Gasteiger partial charge in [-0.05, 0) is 0 Å². The molecule has 3 rings (SSSR count). The van der Waals surface area contributed by atoms with Crippen LogP contribution in [0, 0.1) is 0 Å². The van der Waals surface area contributed by atoms with E-state index in [0.29, 0.717) is 3.63 Å². The number of fused-ring (bicyclic) bond motifs is 1. The number of benzene rings is 1. The Bertz CT molecular complexity index is 756. The minimum Gasteiger partial charge on any atom is -0.107 e. The molecule has 0 saturated heterocycles. The zero-order valence-corrected chi connectivity index (χ0v) is 23.3. The molecule has 0 spiro atoms. The van der Waals surface area contributed by atoms with Crippen LogP contribution in [0.15, 0.2) is 49.8 Å². The Labute approximate surface area is 178 Å². The molecular weight excluding hydrogens is 657 g/mol. The molecule has 0 bridgehead atoms. The maximum absolute atomic E-state index is 3.72. The first-order chi connectivity index (χ1) is 9.30. The van der Waals surface area contributed by atoms with E-state index in [9.17, 15) is 0 Å². The molecule has 0 radical (unpaired) electrons. The third-order valence-electron chi connectivity index (χ3n) is 4.98. The van der Waals surface area contributed by atoms with Gasteiger partial charge < -0.3 is 0 Å². The summed E-state index contributed by atoms with van der Waals surface area (Å²) >= 11 is 0.786. The Balaban J connectivity index is 0.00000121. The molecule has 0 nitrogen and oxygen atoms in total. The van der Waals surface area contributed by atoms with Crippen LogP contribution in [0.25, 0.3) is 6.08 Å². The van der Waals surface area contributed by atoms with Crippen LogP contribution >= 0.6 is 63.9 Å². The molecule has 0 N–H and O–H groups in total. The summed E-state index contributed by atoms with van der Waals surface area (Å²) in [4.78, 5) is 0. The maximum atomic E-state index is 3.72. The summed E-state index contributed by atoms with van der Waals surface area (Å²) < 4.78 is 8.89. The Morgan fingerprint density at radius 3 is 2.50 bits per heavy atom. The van der Waals surface area contributed by atoms with Crippen LogP contribution in [0.2, 0.25) is 9.26 Å². The summed E-state index contributed by atoms with van der Waals surface area (Å²) in [6.07, 6.45) is 10.6. The fourth-order valence-corrected chi connectivity index (χ4v) is 20.5. The summed E-state index contributed by atoms with van der Waals surface area (Å²) in [6, 6.07) is 6.70. The molecule has 0 amide bonds. The zero-order valence-electron chi connectivity index (χ0n) is 13.2. The monoisotopic (exact) mass is 678 g/mol. The van der Waals surface area contributed by atoms with E-state index in [2.05, 4.69) is 81.5 Å². The maximum Gasteiger partial charge on any atom is -0.107 e. The van der Waals surface area contributed by atoms with E-state index in [1.54, 1.807) is 14.4 Å². The molecule has 0 fully saturated rings. The van der Waals surface area contributed by atoms with Gasteiger partial charge in [0.25, 0.3) is 0 Å². The van der Waals surface area contributed by atoms with Crippen LogP contribution in [0.1, 0.15) is 28.1 Å². The second-order valence-corrected chi connectivity index (χ2v) is 37.7. The molecule has 0 saturated carbocycles. The SMILES string of the molecule is CC1=Cc2c(Br)cccc2[CH]1[Zr]([CH3])([CH3])(=[SiH2])[C]1=CC=CC1.I.I. The first kappa shape index (κ1) is 21.5. The predicted molar refractivity (Wildman–Crippen MR) is 123 cm³/mol. The number of hydrogen-bond donors (Lipinski definition) is 0. The number of allylic oxidation sites excluding steroid dienone is 5. The second-order valence-electron chi connectivity index (χ2n) is 7.20. The quantitative estimate of drug-likeness (QED) is 0.254. The molecule has 0 aliphatic heterocycles. The van der Waals surface area contributed by atoms with Crippen molar-refractivity contribution in [3.63, 3.8) is 0 Å². The van der Waals surface area contributed by atoms with Gasteiger partial charge in [0.05, 0.1) is 0 Å². The Kier molecular flexibility index (Phi) is 7.22. The average Bonchev–Trinajstić information content (AvgIpc) is 2.95. The minimum atomic E-state index is -2.94. The number of hydrogen-bond acceptors (Lipinski definition) is 0. The van der Waals surface area contributed by atoms with Gasteiger partial charge in [-0.3, -0.25) is 0 Å². The van der Waals surface area contributed by atoms with Gasteiger partial charge in [0, 0.05) is 0 Å². The van der Waals surface area contributed by atoms with E-state index in [-0.39, 0.29) is 48.0 Å². The van der Waals surface area contributed by atoms with Gasteiger partial charge in [0.15, 0.2) is 0 Å². The second kappa shape index (κ2) is 7.38. The molecule has 1 atom stereocenters. The molecule has 2 aliphatic rings. The normalized spacial score (nSPS) is 19.8. The average molecular weight is 680 g/mol. The van der Waals surface area contributed by atoms with E-state index in [4.69, 9.17) is 0 Å². The van der Waals surface area contributed by atoms with Crippen molar-refractivity contribution in [1.29, 1.82) is 0 Å². The van der Waals surface area contributed by atoms with Crippen molar-refractivity contribution in [2.75, 3.05) is 0 Å². The van der Waals surface area contributed by atoms with E-state index >= 15 is 0 Å². The molecule has 1 unspecified atom stereocenters. The summed E-state index contributed by atoms with van der Waals surface area (Å²) in [7, 11) is 0. The third kappa shape index (κ3) is 3.54. The fourth-order valence-electron chi connectivity index (χ4n) is 3.98. The molecule has 120 valence electrons. The largest absolute Gasteiger partial charge is 0.107 e. The third-order valence-corrected chi connectivity index (χ3v) is 23.3. The topological polar surface area (TPSA) is 0 Å². The smallest absolute Gasteiger partial charge is 0.107 e. The van der Waals surface area contributed by atoms with Crippen molar-refractivity contribution in [1.82, 2.24) is 0 Å². The van der Waals surface area contributed by atoms with E-state index < -0.39 is 17.4 Å². The Morgan fingerprint density at radius 2 is 1.91 bits per heavy atom. The molecule has 1 aromatic rings. The molecule has 0 aromatic heterocycles. The van der Waals surface area contributed by atoms with Crippen LogP contribution in [-0.2, 0) is 17.4 Å². The molecule has 22 heavy (non-hydrogen) atoms. The molecule has 5 heteroatoms. The van der Waals surface area contributed by atoms with Crippen LogP contribution in [0.5, 0.6) is 0 Å². The van der Waals surface area contributed by atoms with E-state index in [0.717, 1.165) is 0 Å². The van der Waals surface area contributed by atoms with Crippen molar-refractivity contribution < 1.29 is 17.4 Å². The van der Waals surface area contributed by atoms with E-state index in [1.807, 2.05) is 0 Å². The summed E-state index contributed by atoms with van der Waals surface area (Å²) in [5.41, 5.74) is 4.53. The summed E-state index contributed by atoms with van der Waals surface area (Å²) in [6.45, 7) is 4.68. The van der Waals surface area contributed by atoms with Crippen LogP contribution in [-0.4, -0.2) is 6.88 Å². The van der Waals surface area contributed by atoms with Gasteiger partial charge in [0.2, 0.25) is 0 Å². The van der Waals surface area contributed by atoms with Crippen molar-refractivity contribution in [3.05, 3.63) is 60.9 Å². The number of halogens is 3. The minimum absolute atomic E-state index is 0. The Morgan fingerprint density at radius 1 is 1.23 bits per heavy atom. The standard InChI is InChI=1S/C10H8Br.C5H5.2CH3.2HI.H2Si.Zr/c1-7-5-8-3-2-4-10(11)9(8)6-7;1-2-4-5-3-1;;;;;;/h2-6H,1H3;1-3H,4H2;2*1H3;2*1H;1H2;. The van der Waals surface area contributed by atoms with Gasteiger partial charge in [-0.2, -0.15) is 0 Å². The fraction of sp³-hybridized carbons (Fsp3) is 0.294. The number of rotatable bonds is 2. The van der Waals surface area contributed by atoms with Crippen molar-refractivity contribution >= 4 is 76.8 Å². The van der Waals surface area contributed by atoms with Crippen LogP contribution in [0.4, 0.5) is 0 Å². The van der Waals surface area contributed by atoms with Crippen molar-refractivity contribution in [2.45, 2.75) is 26.2 Å². The summed E-state index contributed by atoms with van der Waals surface area (Å²) in [5, 5.41) is 0. The zero-order chi connectivity index (χ0) is 14.6. The van der Waals surface area contributed by atoms with Gasteiger partial charge in [-0.15, -0.1) is 48.0 Å². The molecule has 0 heterocycles.